The van der Waals surface area contributed by atoms with Crippen LogP contribution in [0.15, 0.2) is 59.8 Å². The maximum Gasteiger partial charge on any atom is 0.239 e. The lowest BCUT2D eigenvalue weighted by molar-refractivity contribution is -0.134. The van der Waals surface area contributed by atoms with Crippen molar-refractivity contribution in [1.82, 2.24) is 25.0 Å². The highest BCUT2D eigenvalue weighted by molar-refractivity contribution is 7.99. The Morgan fingerprint density at radius 1 is 1.09 bits per heavy atom. The van der Waals surface area contributed by atoms with E-state index in [4.69, 9.17) is 0 Å². The van der Waals surface area contributed by atoms with Crippen LogP contribution in [0.25, 0.3) is 11.4 Å². The molecule has 0 atom stereocenters. The number of nitrogens with zero attached hydrogens (tertiary/aromatic N) is 4. The second-order valence-electron chi connectivity index (χ2n) is 7.78. The second kappa shape index (κ2) is 11.6. The number of thioether (sulfide) groups is 1. The average molecular weight is 470 g/mol. The van der Waals surface area contributed by atoms with Crippen molar-refractivity contribution in [3.63, 3.8) is 0 Å². The molecule has 0 unspecified atom stereocenters. The molecule has 1 aromatic heterocycles. The van der Waals surface area contributed by atoms with Gasteiger partial charge in [0, 0.05) is 12.6 Å². The molecule has 0 spiro atoms. The fourth-order valence-electron chi connectivity index (χ4n) is 3.28. The number of rotatable bonds is 10. The molecule has 33 heavy (non-hydrogen) atoms. The van der Waals surface area contributed by atoms with Crippen LogP contribution in [-0.2, 0) is 16.1 Å². The van der Waals surface area contributed by atoms with Gasteiger partial charge in [0.2, 0.25) is 11.8 Å². The van der Waals surface area contributed by atoms with Crippen molar-refractivity contribution in [3.8, 4) is 11.4 Å². The zero-order valence-corrected chi connectivity index (χ0v) is 19.8. The fraction of sp³-hybridized carbons (Fsp3) is 0.333. The van der Waals surface area contributed by atoms with Crippen LogP contribution in [0.5, 0.6) is 0 Å². The number of likely N-dealkylation sites (N-methyl/N-ethyl adjacent to an activating group) is 1. The highest BCUT2D eigenvalue weighted by Gasteiger charge is 2.21. The monoisotopic (exact) mass is 469 g/mol. The molecule has 0 saturated heterocycles. The third-order valence-corrected chi connectivity index (χ3v) is 5.81. The molecule has 0 radical (unpaired) electrons. The summed E-state index contributed by atoms with van der Waals surface area (Å²) < 4.78 is 16.3. The predicted molar refractivity (Wildman–Crippen MR) is 127 cm³/mol. The van der Waals surface area contributed by atoms with Crippen LogP contribution in [0, 0.1) is 5.82 Å². The van der Waals surface area contributed by atoms with Gasteiger partial charge in [-0.15, -0.1) is 10.2 Å². The molecule has 7 nitrogen and oxygen atoms in total. The van der Waals surface area contributed by atoms with Gasteiger partial charge < -0.3 is 10.2 Å². The number of hydrogen-bond donors (Lipinski definition) is 1. The Labute approximate surface area is 197 Å². The topological polar surface area (TPSA) is 80.1 Å². The normalized spacial score (nSPS) is 10.9. The summed E-state index contributed by atoms with van der Waals surface area (Å²) in [6.07, 6.45) is 0. The Hall–Kier alpha value is -3.20. The van der Waals surface area contributed by atoms with Gasteiger partial charge in [-0.3, -0.25) is 14.2 Å². The molecule has 2 amide bonds. The first kappa shape index (κ1) is 24.4. The minimum absolute atomic E-state index is 0.00521. The Morgan fingerprint density at radius 2 is 1.79 bits per heavy atom. The van der Waals surface area contributed by atoms with Gasteiger partial charge in [0.1, 0.15) is 5.82 Å². The van der Waals surface area contributed by atoms with E-state index in [1.807, 2.05) is 55.7 Å². The van der Waals surface area contributed by atoms with E-state index >= 15 is 0 Å². The molecule has 9 heteroatoms. The SMILES string of the molecule is CCN(CC(=O)NC(C)C)C(=O)CSc1nnc(-c2ccccc2F)n1Cc1ccccc1. The molecule has 1 N–H and O–H groups in total. The highest BCUT2D eigenvalue weighted by atomic mass is 32.2. The summed E-state index contributed by atoms with van der Waals surface area (Å²) in [6.45, 7) is 6.44. The number of aromatic nitrogens is 3. The van der Waals surface area contributed by atoms with E-state index in [2.05, 4.69) is 15.5 Å². The van der Waals surface area contributed by atoms with Crippen molar-refractivity contribution in [2.24, 2.45) is 0 Å². The summed E-state index contributed by atoms with van der Waals surface area (Å²) in [5.41, 5.74) is 1.35. The van der Waals surface area contributed by atoms with Crippen LogP contribution in [0.4, 0.5) is 4.39 Å². The highest BCUT2D eigenvalue weighted by Crippen LogP contribution is 2.27. The van der Waals surface area contributed by atoms with Gasteiger partial charge >= 0.3 is 0 Å². The summed E-state index contributed by atoms with van der Waals surface area (Å²) in [6, 6.07) is 16.2. The van der Waals surface area contributed by atoms with E-state index in [9.17, 15) is 14.0 Å². The predicted octanol–water partition coefficient (Wildman–Crippen LogP) is 3.60. The Balaban J connectivity index is 1.80. The van der Waals surface area contributed by atoms with E-state index < -0.39 is 0 Å². The van der Waals surface area contributed by atoms with Gasteiger partial charge in [-0.2, -0.15) is 0 Å². The van der Waals surface area contributed by atoms with Crippen molar-refractivity contribution < 1.29 is 14.0 Å². The van der Waals surface area contributed by atoms with E-state index in [1.165, 1.54) is 22.7 Å². The first-order valence-electron chi connectivity index (χ1n) is 10.8. The third-order valence-electron chi connectivity index (χ3n) is 4.86. The molecule has 0 aliphatic carbocycles. The largest absolute Gasteiger partial charge is 0.352 e. The van der Waals surface area contributed by atoms with E-state index in [1.54, 1.807) is 18.2 Å². The number of nitrogens with one attached hydrogen (secondary N) is 1. The zero-order chi connectivity index (χ0) is 23.8. The van der Waals surface area contributed by atoms with Crippen LogP contribution in [0.1, 0.15) is 26.3 Å². The van der Waals surface area contributed by atoms with Crippen LogP contribution >= 0.6 is 11.8 Å². The molecule has 3 rings (SSSR count). The molecule has 2 aromatic carbocycles. The second-order valence-corrected chi connectivity index (χ2v) is 8.72. The molecule has 0 aliphatic heterocycles. The maximum absolute atomic E-state index is 14.5. The van der Waals surface area contributed by atoms with Gasteiger partial charge in [0.15, 0.2) is 11.0 Å². The maximum atomic E-state index is 14.5. The fourth-order valence-corrected chi connectivity index (χ4v) is 4.12. The van der Waals surface area contributed by atoms with Crippen molar-refractivity contribution in [3.05, 3.63) is 66.0 Å². The van der Waals surface area contributed by atoms with Crippen molar-refractivity contribution >= 4 is 23.6 Å². The number of halogens is 1. The lowest BCUT2D eigenvalue weighted by Gasteiger charge is -2.21. The molecule has 0 bridgehead atoms. The smallest absolute Gasteiger partial charge is 0.239 e. The molecule has 3 aromatic rings. The molecule has 1 heterocycles. The Bertz CT molecular complexity index is 1090. The van der Waals surface area contributed by atoms with Gasteiger partial charge in [-0.1, -0.05) is 54.2 Å². The standard InChI is InChI=1S/C24H28FN5O2S/c1-4-29(15-21(31)26-17(2)3)22(32)16-33-24-28-27-23(19-12-8-9-13-20(19)25)30(24)14-18-10-6-5-7-11-18/h5-13,17H,4,14-16H2,1-3H3,(H,26,31). The van der Waals surface area contributed by atoms with Crippen LogP contribution in [-0.4, -0.2) is 56.4 Å². The molecular weight excluding hydrogens is 441 g/mol. The van der Waals surface area contributed by atoms with Crippen molar-refractivity contribution in [2.45, 2.75) is 38.5 Å². The summed E-state index contributed by atoms with van der Waals surface area (Å²) >= 11 is 1.22. The van der Waals surface area contributed by atoms with Gasteiger partial charge in [0.25, 0.3) is 0 Å². The van der Waals surface area contributed by atoms with E-state index in [0.29, 0.717) is 29.6 Å². The summed E-state index contributed by atoms with van der Waals surface area (Å²) in [5, 5.41) is 11.8. The minimum atomic E-state index is -0.389. The lowest BCUT2D eigenvalue weighted by Crippen LogP contribution is -2.43. The average Bonchev–Trinajstić information content (AvgIpc) is 3.18. The zero-order valence-electron chi connectivity index (χ0n) is 19.0. The molecular formula is C24H28FN5O2S. The van der Waals surface area contributed by atoms with Crippen molar-refractivity contribution in [2.75, 3.05) is 18.8 Å². The summed E-state index contributed by atoms with van der Waals surface area (Å²) in [5.74, 6) is -0.273. The third kappa shape index (κ3) is 6.64. The summed E-state index contributed by atoms with van der Waals surface area (Å²) in [7, 11) is 0. The van der Waals surface area contributed by atoms with E-state index in [0.717, 1.165) is 5.56 Å². The molecule has 0 aliphatic rings. The van der Waals surface area contributed by atoms with E-state index in [-0.39, 0.29) is 36.0 Å². The van der Waals surface area contributed by atoms with Crippen LogP contribution < -0.4 is 5.32 Å². The number of benzene rings is 2. The van der Waals surface area contributed by atoms with Gasteiger partial charge in [-0.25, -0.2) is 4.39 Å². The molecule has 0 fully saturated rings. The molecule has 174 valence electrons. The van der Waals surface area contributed by atoms with Crippen molar-refractivity contribution in [1.29, 1.82) is 0 Å². The first-order valence-corrected chi connectivity index (χ1v) is 11.8. The van der Waals surface area contributed by atoms with Crippen LogP contribution in [0.2, 0.25) is 0 Å². The van der Waals surface area contributed by atoms with Gasteiger partial charge in [0.05, 0.1) is 24.4 Å². The first-order chi connectivity index (χ1) is 15.9. The number of carbonyl (C=O) groups is 2. The lowest BCUT2D eigenvalue weighted by atomic mass is 10.2. The number of carbonyl (C=O) groups excluding carboxylic acids is 2. The van der Waals surface area contributed by atoms with Crippen LogP contribution in [0.3, 0.4) is 0 Å². The Kier molecular flexibility index (Phi) is 8.59. The van der Waals surface area contributed by atoms with Gasteiger partial charge in [-0.05, 0) is 38.5 Å². The Morgan fingerprint density at radius 3 is 2.45 bits per heavy atom. The number of amides is 2. The number of hydrogen-bond acceptors (Lipinski definition) is 5. The molecule has 0 saturated carbocycles. The quantitative estimate of drug-likeness (QED) is 0.459. The minimum Gasteiger partial charge on any atom is -0.352 e. The summed E-state index contributed by atoms with van der Waals surface area (Å²) in [4.78, 5) is 26.4.